The number of piperidine rings is 1. The van der Waals surface area contributed by atoms with Crippen LogP contribution in [-0.4, -0.2) is 37.5 Å². The summed E-state index contributed by atoms with van der Waals surface area (Å²) in [7, 11) is 1.89. The topological polar surface area (TPSA) is 32.3 Å². The summed E-state index contributed by atoms with van der Waals surface area (Å²) in [5.41, 5.74) is 0.130. The minimum atomic E-state index is -0.912. The van der Waals surface area contributed by atoms with E-state index in [1.165, 1.54) is 12.1 Å². The number of nitrogens with one attached hydrogen (secondary N) is 1. The number of carbonyl (C=O) groups excluding carboxylic acids is 1. The van der Waals surface area contributed by atoms with Crippen molar-refractivity contribution in [3.63, 3.8) is 0 Å². The SMILES string of the molecule is CNC[C@H]1CCCN(C(=O)Cc2cccc(F)c2F)C1. The van der Waals surface area contributed by atoms with E-state index in [1.54, 1.807) is 4.90 Å². The molecule has 0 radical (unpaired) electrons. The second kappa shape index (κ2) is 6.79. The van der Waals surface area contributed by atoms with Gasteiger partial charge in [0.05, 0.1) is 6.42 Å². The molecular formula is C15H20F2N2O. The molecule has 3 nitrogen and oxygen atoms in total. The number of rotatable bonds is 4. The number of hydrogen-bond acceptors (Lipinski definition) is 2. The van der Waals surface area contributed by atoms with Gasteiger partial charge in [0.25, 0.3) is 0 Å². The van der Waals surface area contributed by atoms with E-state index in [-0.39, 0.29) is 17.9 Å². The average Bonchev–Trinajstić information content (AvgIpc) is 2.44. The van der Waals surface area contributed by atoms with Gasteiger partial charge in [-0.1, -0.05) is 12.1 Å². The Morgan fingerprint density at radius 2 is 2.25 bits per heavy atom. The molecule has 1 fully saturated rings. The van der Waals surface area contributed by atoms with Gasteiger partial charge in [0.1, 0.15) is 0 Å². The summed E-state index contributed by atoms with van der Waals surface area (Å²) in [6.45, 7) is 2.27. The van der Waals surface area contributed by atoms with E-state index in [4.69, 9.17) is 0 Å². The molecule has 2 rings (SSSR count). The Bertz CT molecular complexity index is 477. The van der Waals surface area contributed by atoms with Crippen LogP contribution in [0.25, 0.3) is 0 Å². The number of likely N-dealkylation sites (tertiary alicyclic amines) is 1. The molecule has 1 aromatic carbocycles. The monoisotopic (exact) mass is 282 g/mol. The van der Waals surface area contributed by atoms with E-state index in [9.17, 15) is 13.6 Å². The number of carbonyl (C=O) groups is 1. The quantitative estimate of drug-likeness (QED) is 0.915. The molecule has 1 N–H and O–H groups in total. The molecule has 20 heavy (non-hydrogen) atoms. The molecule has 0 spiro atoms. The van der Waals surface area contributed by atoms with Crippen LogP contribution in [0.5, 0.6) is 0 Å². The first kappa shape index (κ1) is 14.9. The van der Waals surface area contributed by atoms with E-state index in [0.717, 1.165) is 25.5 Å². The summed E-state index contributed by atoms with van der Waals surface area (Å²) in [5, 5.41) is 3.12. The second-order valence-electron chi connectivity index (χ2n) is 5.30. The van der Waals surface area contributed by atoms with Gasteiger partial charge in [-0.15, -0.1) is 0 Å². The van der Waals surface area contributed by atoms with Crippen LogP contribution >= 0.6 is 0 Å². The Labute approximate surface area is 118 Å². The zero-order valence-corrected chi connectivity index (χ0v) is 11.7. The summed E-state index contributed by atoms with van der Waals surface area (Å²) in [5.74, 6) is -1.50. The molecule has 0 aromatic heterocycles. The first-order valence-corrected chi connectivity index (χ1v) is 6.97. The molecule has 1 aliphatic heterocycles. The third-order valence-electron chi connectivity index (χ3n) is 3.74. The molecule has 1 amide bonds. The van der Waals surface area contributed by atoms with Crippen LogP contribution in [0.3, 0.4) is 0 Å². The van der Waals surface area contributed by atoms with Crippen LogP contribution in [0.1, 0.15) is 18.4 Å². The fourth-order valence-corrected chi connectivity index (χ4v) is 2.71. The molecule has 5 heteroatoms. The molecule has 0 aliphatic carbocycles. The molecule has 0 bridgehead atoms. The van der Waals surface area contributed by atoms with Gasteiger partial charge < -0.3 is 10.2 Å². The lowest BCUT2D eigenvalue weighted by molar-refractivity contribution is -0.132. The predicted octanol–water partition coefficient (Wildman–Crippen LogP) is 1.97. The van der Waals surface area contributed by atoms with Gasteiger partial charge in [-0.3, -0.25) is 4.79 Å². The molecule has 0 unspecified atom stereocenters. The molecule has 1 heterocycles. The van der Waals surface area contributed by atoms with Crippen molar-refractivity contribution in [3.05, 3.63) is 35.4 Å². The Balaban J connectivity index is 1.99. The fourth-order valence-electron chi connectivity index (χ4n) is 2.71. The van der Waals surface area contributed by atoms with Crippen LogP contribution in [0, 0.1) is 17.6 Å². The van der Waals surface area contributed by atoms with Gasteiger partial charge >= 0.3 is 0 Å². The largest absolute Gasteiger partial charge is 0.342 e. The van der Waals surface area contributed by atoms with Crippen molar-refractivity contribution in [1.29, 1.82) is 0 Å². The van der Waals surface area contributed by atoms with E-state index >= 15 is 0 Å². The number of nitrogens with zero attached hydrogens (tertiary/aromatic N) is 1. The molecule has 1 saturated heterocycles. The lowest BCUT2D eigenvalue weighted by Gasteiger charge is -2.32. The van der Waals surface area contributed by atoms with E-state index < -0.39 is 11.6 Å². The molecule has 1 aliphatic rings. The smallest absolute Gasteiger partial charge is 0.227 e. The van der Waals surface area contributed by atoms with Crippen LogP contribution in [0.4, 0.5) is 8.78 Å². The first-order valence-electron chi connectivity index (χ1n) is 6.97. The Morgan fingerprint density at radius 1 is 1.45 bits per heavy atom. The van der Waals surface area contributed by atoms with E-state index in [2.05, 4.69) is 5.32 Å². The third-order valence-corrected chi connectivity index (χ3v) is 3.74. The van der Waals surface area contributed by atoms with E-state index in [0.29, 0.717) is 19.0 Å². The van der Waals surface area contributed by atoms with Crippen LogP contribution in [-0.2, 0) is 11.2 Å². The summed E-state index contributed by atoms with van der Waals surface area (Å²) in [4.78, 5) is 14.0. The highest BCUT2D eigenvalue weighted by Crippen LogP contribution is 2.18. The highest BCUT2D eigenvalue weighted by Gasteiger charge is 2.24. The molecule has 110 valence electrons. The first-order chi connectivity index (χ1) is 9.61. The highest BCUT2D eigenvalue weighted by atomic mass is 19.2. The highest BCUT2D eigenvalue weighted by molar-refractivity contribution is 5.79. The zero-order valence-electron chi connectivity index (χ0n) is 11.7. The Kier molecular flexibility index (Phi) is 5.06. The molecule has 0 saturated carbocycles. The maximum Gasteiger partial charge on any atom is 0.227 e. The van der Waals surface area contributed by atoms with Crippen molar-refractivity contribution in [2.24, 2.45) is 5.92 Å². The fraction of sp³-hybridized carbons (Fsp3) is 0.533. The van der Waals surface area contributed by atoms with Crippen molar-refractivity contribution >= 4 is 5.91 Å². The summed E-state index contributed by atoms with van der Waals surface area (Å²) in [6, 6.07) is 3.96. The van der Waals surface area contributed by atoms with Crippen molar-refractivity contribution in [2.45, 2.75) is 19.3 Å². The number of amides is 1. The standard InChI is InChI=1S/C15H20F2N2O/c1-18-9-11-4-3-7-19(10-11)14(20)8-12-5-2-6-13(16)15(12)17/h2,5-6,11,18H,3-4,7-10H2,1H3/t11-/m1/s1. The number of hydrogen-bond donors (Lipinski definition) is 1. The van der Waals surface area contributed by atoms with Crippen molar-refractivity contribution in [3.8, 4) is 0 Å². The third kappa shape index (κ3) is 3.54. The van der Waals surface area contributed by atoms with Crippen molar-refractivity contribution < 1.29 is 13.6 Å². The van der Waals surface area contributed by atoms with Crippen LogP contribution in [0.2, 0.25) is 0 Å². The Hall–Kier alpha value is -1.49. The minimum Gasteiger partial charge on any atom is -0.342 e. The van der Waals surface area contributed by atoms with E-state index in [1.807, 2.05) is 7.05 Å². The summed E-state index contributed by atoms with van der Waals surface area (Å²) < 4.78 is 26.7. The summed E-state index contributed by atoms with van der Waals surface area (Å²) >= 11 is 0. The lowest BCUT2D eigenvalue weighted by atomic mass is 9.97. The average molecular weight is 282 g/mol. The minimum absolute atomic E-state index is 0.0735. The van der Waals surface area contributed by atoms with Crippen LogP contribution in [0.15, 0.2) is 18.2 Å². The lowest BCUT2D eigenvalue weighted by Crippen LogP contribution is -2.43. The van der Waals surface area contributed by atoms with Gasteiger partial charge in [-0.05, 0) is 38.4 Å². The maximum absolute atomic E-state index is 13.6. The van der Waals surface area contributed by atoms with Crippen molar-refractivity contribution in [2.75, 3.05) is 26.7 Å². The van der Waals surface area contributed by atoms with Gasteiger partial charge in [0, 0.05) is 18.7 Å². The molecular weight excluding hydrogens is 262 g/mol. The van der Waals surface area contributed by atoms with Gasteiger partial charge in [0.15, 0.2) is 11.6 Å². The van der Waals surface area contributed by atoms with Gasteiger partial charge in [-0.2, -0.15) is 0 Å². The molecule has 1 aromatic rings. The molecule has 1 atom stereocenters. The summed E-state index contributed by atoms with van der Waals surface area (Å²) in [6.07, 6.45) is 1.98. The second-order valence-corrected chi connectivity index (χ2v) is 5.30. The predicted molar refractivity (Wildman–Crippen MR) is 73.3 cm³/mol. The Morgan fingerprint density at radius 3 is 3.00 bits per heavy atom. The number of benzene rings is 1. The zero-order chi connectivity index (χ0) is 14.5. The van der Waals surface area contributed by atoms with Crippen LogP contribution < -0.4 is 5.32 Å². The number of halogens is 2. The van der Waals surface area contributed by atoms with Gasteiger partial charge in [0.2, 0.25) is 5.91 Å². The maximum atomic E-state index is 13.6. The van der Waals surface area contributed by atoms with Crippen molar-refractivity contribution in [1.82, 2.24) is 10.2 Å². The van der Waals surface area contributed by atoms with Gasteiger partial charge in [-0.25, -0.2) is 8.78 Å². The normalized spacial score (nSPS) is 19.1.